The summed E-state index contributed by atoms with van der Waals surface area (Å²) in [5.41, 5.74) is -0.810. The van der Waals surface area contributed by atoms with Gasteiger partial charge in [-0.15, -0.1) is 0 Å². The van der Waals surface area contributed by atoms with E-state index < -0.39 is 23.8 Å². The Morgan fingerprint density at radius 1 is 1.44 bits per heavy atom. The molecular weight excluding hydrogens is 405 g/mol. The number of hydrogen-bond donors (Lipinski definition) is 1. The Bertz CT molecular complexity index is 660. The van der Waals surface area contributed by atoms with Crippen molar-refractivity contribution in [3.05, 3.63) is 15.9 Å². The average Bonchev–Trinajstić information content (AvgIpc) is 3.07. The van der Waals surface area contributed by atoms with Crippen LogP contribution in [0.25, 0.3) is 0 Å². The van der Waals surface area contributed by atoms with E-state index >= 15 is 0 Å². The zero-order chi connectivity index (χ0) is 18.8. The number of nitrogens with zero attached hydrogens (tertiary/aromatic N) is 3. The fraction of sp³-hybridized carbons (Fsp3) is 0.667. The van der Waals surface area contributed by atoms with Crippen LogP contribution in [0.1, 0.15) is 43.6 Å². The van der Waals surface area contributed by atoms with Crippen LogP contribution < -0.4 is 5.32 Å². The number of likely N-dealkylation sites (tertiary alicyclic amines) is 1. The normalized spacial score (nSPS) is 16.4. The van der Waals surface area contributed by atoms with Gasteiger partial charge in [0.15, 0.2) is 5.69 Å². The summed E-state index contributed by atoms with van der Waals surface area (Å²) in [5.74, 6) is -0.295. The van der Waals surface area contributed by atoms with Gasteiger partial charge in [-0.2, -0.15) is 18.3 Å². The Labute approximate surface area is 151 Å². The maximum atomic E-state index is 12.9. The number of rotatable bonds is 6. The average molecular weight is 425 g/mol. The molecule has 1 atom stereocenters. The molecule has 140 valence electrons. The van der Waals surface area contributed by atoms with Gasteiger partial charge in [-0.25, -0.2) is 0 Å². The molecule has 2 heterocycles. The van der Waals surface area contributed by atoms with Gasteiger partial charge in [-0.05, 0) is 42.6 Å². The molecule has 2 rings (SSSR count). The fourth-order valence-electron chi connectivity index (χ4n) is 2.74. The molecule has 1 aliphatic rings. The summed E-state index contributed by atoms with van der Waals surface area (Å²) in [6, 6.07) is -0.874. The van der Waals surface area contributed by atoms with Crippen LogP contribution in [0.2, 0.25) is 0 Å². The molecule has 1 aromatic rings. The van der Waals surface area contributed by atoms with Crippen molar-refractivity contribution in [3.63, 3.8) is 0 Å². The van der Waals surface area contributed by atoms with Crippen LogP contribution in [0.4, 0.5) is 13.2 Å². The zero-order valence-electron chi connectivity index (χ0n) is 14.0. The third-order valence-electron chi connectivity index (χ3n) is 4.17. The molecule has 2 amide bonds. The molecule has 0 saturated carbocycles. The number of carbonyl (C=O) groups excluding carboxylic acids is 2. The number of alkyl halides is 3. The van der Waals surface area contributed by atoms with Crippen LogP contribution in [0, 0.1) is 6.92 Å². The first kappa shape index (κ1) is 19.7. The Hall–Kier alpha value is -1.58. The molecule has 0 bridgehead atoms. The van der Waals surface area contributed by atoms with E-state index in [9.17, 15) is 22.8 Å². The van der Waals surface area contributed by atoms with Gasteiger partial charge in [0.2, 0.25) is 11.8 Å². The molecule has 6 nitrogen and oxygen atoms in total. The lowest BCUT2D eigenvalue weighted by Gasteiger charge is -2.17. The molecule has 0 aliphatic carbocycles. The van der Waals surface area contributed by atoms with Crippen LogP contribution in [0.5, 0.6) is 0 Å². The van der Waals surface area contributed by atoms with Gasteiger partial charge in [0.1, 0.15) is 6.04 Å². The highest BCUT2D eigenvalue weighted by molar-refractivity contribution is 9.10. The molecule has 1 aliphatic heterocycles. The van der Waals surface area contributed by atoms with E-state index in [-0.39, 0.29) is 16.1 Å². The van der Waals surface area contributed by atoms with E-state index in [4.69, 9.17) is 0 Å². The highest BCUT2D eigenvalue weighted by Crippen LogP contribution is 2.36. The van der Waals surface area contributed by atoms with Crippen molar-refractivity contribution in [2.24, 2.45) is 0 Å². The lowest BCUT2D eigenvalue weighted by atomic mass is 10.3. The van der Waals surface area contributed by atoms with Crippen molar-refractivity contribution < 1.29 is 22.8 Å². The monoisotopic (exact) mass is 424 g/mol. The summed E-state index contributed by atoms with van der Waals surface area (Å²) >= 11 is 2.89. The second-order valence-electron chi connectivity index (χ2n) is 6.00. The standard InChI is InChI=1S/C15H20BrF3N4O2/c1-9-12(16)13(15(17,18)19)21-23(9)10(2)14(25)20-6-4-8-22-7-3-5-11(22)24/h10H,3-8H2,1-2H3,(H,20,25). The molecule has 0 aromatic carbocycles. The van der Waals surface area contributed by atoms with E-state index in [1.807, 2.05) is 0 Å². The van der Waals surface area contributed by atoms with Crippen molar-refractivity contribution >= 4 is 27.7 Å². The Morgan fingerprint density at radius 3 is 2.64 bits per heavy atom. The van der Waals surface area contributed by atoms with Crippen LogP contribution >= 0.6 is 15.9 Å². The van der Waals surface area contributed by atoms with Crippen LogP contribution in [-0.4, -0.2) is 46.1 Å². The molecular formula is C15H20BrF3N4O2. The third-order valence-corrected chi connectivity index (χ3v) is 5.12. The number of nitrogens with one attached hydrogen (secondary N) is 1. The van der Waals surface area contributed by atoms with Crippen LogP contribution in [0.3, 0.4) is 0 Å². The third kappa shape index (κ3) is 4.53. The minimum absolute atomic E-state index is 0.122. The maximum absolute atomic E-state index is 12.9. The number of aromatic nitrogens is 2. The quantitative estimate of drug-likeness (QED) is 0.713. The first-order chi connectivity index (χ1) is 11.6. The summed E-state index contributed by atoms with van der Waals surface area (Å²) in [5, 5.41) is 6.21. The molecule has 1 fully saturated rings. The molecule has 0 radical (unpaired) electrons. The Morgan fingerprint density at radius 2 is 2.12 bits per heavy atom. The maximum Gasteiger partial charge on any atom is 0.436 e. The largest absolute Gasteiger partial charge is 0.436 e. The predicted octanol–water partition coefficient (Wildman–Crippen LogP) is 2.66. The molecule has 1 unspecified atom stereocenters. The number of amides is 2. The smallest absolute Gasteiger partial charge is 0.354 e. The zero-order valence-corrected chi connectivity index (χ0v) is 15.6. The van der Waals surface area contributed by atoms with Gasteiger partial charge in [-0.1, -0.05) is 0 Å². The van der Waals surface area contributed by atoms with E-state index in [1.54, 1.807) is 4.90 Å². The van der Waals surface area contributed by atoms with E-state index in [1.165, 1.54) is 13.8 Å². The lowest BCUT2D eigenvalue weighted by molar-refractivity contribution is -0.142. The first-order valence-electron chi connectivity index (χ1n) is 8.00. The van der Waals surface area contributed by atoms with Gasteiger partial charge in [0.25, 0.3) is 0 Å². The topological polar surface area (TPSA) is 67.2 Å². The molecule has 1 aromatic heterocycles. The van der Waals surface area contributed by atoms with Crippen molar-refractivity contribution in [1.82, 2.24) is 20.0 Å². The summed E-state index contributed by atoms with van der Waals surface area (Å²) in [7, 11) is 0. The van der Waals surface area contributed by atoms with Crippen molar-refractivity contribution in [2.75, 3.05) is 19.6 Å². The molecule has 1 saturated heterocycles. The van der Waals surface area contributed by atoms with Crippen molar-refractivity contribution in [1.29, 1.82) is 0 Å². The second-order valence-corrected chi connectivity index (χ2v) is 6.79. The van der Waals surface area contributed by atoms with Gasteiger partial charge in [0, 0.05) is 26.1 Å². The summed E-state index contributed by atoms with van der Waals surface area (Å²) in [6.07, 6.45) is -2.57. The second kappa shape index (κ2) is 7.76. The van der Waals surface area contributed by atoms with Crippen molar-refractivity contribution in [3.8, 4) is 0 Å². The van der Waals surface area contributed by atoms with Crippen molar-refractivity contribution in [2.45, 2.75) is 45.3 Å². The summed E-state index contributed by atoms with van der Waals surface area (Å²) < 4.78 is 39.6. The first-order valence-corrected chi connectivity index (χ1v) is 8.79. The van der Waals surface area contributed by atoms with E-state index in [0.29, 0.717) is 25.9 Å². The van der Waals surface area contributed by atoms with Gasteiger partial charge in [0.05, 0.1) is 10.2 Å². The molecule has 0 spiro atoms. The number of carbonyl (C=O) groups is 2. The number of hydrogen-bond acceptors (Lipinski definition) is 3. The Balaban J connectivity index is 1.90. The molecule has 10 heteroatoms. The van der Waals surface area contributed by atoms with Gasteiger partial charge < -0.3 is 10.2 Å². The molecule has 25 heavy (non-hydrogen) atoms. The molecule has 1 N–H and O–H groups in total. The minimum Gasteiger partial charge on any atom is -0.354 e. The fourth-order valence-corrected chi connectivity index (χ4v) is 3.22. The van der Waals surface area contributed by atoms with Gasteiger partial charge >= 0.3 is 6.18 Å². The summed E-state index contributed by atoms with van der Waals surface area (Å²) in [4.78, 5) is 25.4. The highest BCUT2D eigenvalue weighted by atomic mass is 79.9. The van der Waals surface area contributed by atoms with E-state index in [0.717, 1.165) is 17.6 Å². The van der Waals surface area contributed by atoms with Gasteiger partial charge in [-0.3, -0.25) is 14.3 Å². The van der Waals surface area contributed by atoms with Crippen LogP contribution in [0.15, 0.2) is 4.47 Å². The number of halogens is 4. The summed E-state index contributed by atoms with van der Waals surface area (Å²) in [6.45, 7) is 4.61. The Kier molecular flexibility index (Phi) is 6.12. The minimum atomic E-state index is -4.59. The van der Waals surface area contributed by atoms with E-state index in [2.05, 4.69) is 26.3 Å². The predicted molar refractivity (Wildman–Crippen MR) is 87.8 cm³/mol. The van der Waals surface area contributed by atoms with Crippen LogP contribution in [-0.2, 0) is 15.8 Å². The lowest BCUT2D eigenvalue weighted by Crippen LogP contribution is -2.34. The SMILES string of the molecule is Cc1c(Br)c(C(F)(F)F)nn1C(C)C(=O)NCCCN1CCCC1=O. The highest BCUT2D eigenvalue weighted by Gasteiger charge is 2.38.